The second kappa shape index (κ2) is 5.47. The number of nitrogens with zero attached hydrogens (tertiary/aromatic N) is 1. The number of hydrogen-bond donors (Lipinski definition) is 1. The SMILES string of the molecule is Cc1cc(C(N)c2ccc(C)c(Cl)c2)c2ccccc2n1. The highest BCUT2D eigenvalue weighted by Gasteiger charge is 2.14. The lowest BCUT2D eigenvalue weighted by Gasteiger charge is -2.16. The molecule has 2 aromatic carbocycles. The van der Waals surface area contributed by atoms with Gasteiger partial charge in [-0.25, -0.2) is 0 Å². The lowest BCUT2D eigenvalue weighted by Crippen LogP contribution is -2.13. The summed E-state index contributed by atoms with van der Waals surface area (Å²) in [7, 11) is 0. The molecule has 0 bridgehead atoms. The van der Waals surface area contributed by atoms with Crippen LogP contribution in [-0.2, 0) is 0 Å². The molecule has 3 heteroatoms. The Bertz CT molecular complexity index is 811. The van der Waals surface area contributed by atoms with Gasteiger partial charge < -0.3 is 5.73 Å². The monoisotopic (exact) mass is 296 g/mol. The summed E-state index contributed by atoms with van der Waals surface area (Å²) in [6.07, 6.45) is 0. The van der Waals surface area contributed by atoms with Crippen molar-refractivity contribution < 1.29 is 0 Å². The molecule has 21 heavy (non-hydrogen) atoms. The summed E-state index contributed by atoms with van der Waals surface area (Å²) in [6, 6.07) is 15.9. The van der Waals surface area contributed by atoms with Crippen LogP contribution in [0.4, 0.5) is 0 Å². The Morgan fingerprint density at radius 2 is 1.81 bits per heavy atom. The number of aromatic nitrogens is 1. The van der Waals surface area contributed by atoms with E-state index in [1.54, 1.807) is 0 Å². The van der Waals surface area contributed by atoms with Crippen LogP contribution >= 0.6 is 11.6 Å². The van der Waals surface area contributed by atoms with E-state index >= 15 is 0 Å². The van der Waals surface area contributed by atoms with E-state index in [0.29, 0.717) is 0 Å². The maximum absolute atomic E-state index is 6.48. The Balaban J connectivity index is 2.16. The summed E-state index contributed by atoms with van der Waals surface area (Å²) in [6.45, 7) is 3.98. The van der Waals surface area contributed by atoms with Crippen LogP contribution in [-0.4, -0.2) is 4.98 Å². The first-order valence-electron chi connectivity index (χ1n) is 6.94. The minimum absolute atomic E-state index is 0.213. The first kappa shape index (κ1) is 14.1. The van der Waals surface area contributed by atoms with Crippen molar-refractivity contribution in [3.05, 3.63) is 75.9 Å². The highest BCUT2D eigenvalue weighted by molar-refractivity contribution is 6.31. The van der Waals surface area contributed by atoms with Gasteiger partial charge in [0, 0.05) is 16.1 Å². The molecule has 0 amide bonds. The first-order chi connectivity index (χ1) is 10.1. The van der Waals surface area contributed by atoms with Crippen molar-refractivity contribution in [1.29, 1.82) is 0 Å². The molecule has 1 aromatic heterocycles. The van der Waals surface area contributed by atoms with E-state index in [1.807, 2.05) is 50.2 Å². The van der Waals surface area contributed by atoms with Gasteiger partial charge in [0.05, 0.1) is 11.6 Å². The fourth-order valence-corrected chi connectivity index (χ4v) is 2.77. The summed E-state index contributed by atoms with van der Waals surface area (Å²) in [5, 5.41) is 1.84. The zero-order valence-corrected chi connectivity index (χ0v) is 12.9. The van der Waals surface area contributed by atoms with Crippen LogP contribution in [0.2, 0.25) is 5.02 Å². The Labute approximate surface area is 129 Å². The molecule has 2 nitrogen and oxygen atoms in total. The highest BCUT2D eigenvalue weighted by atomic mass is 35.5. The van der Waals surface area contributed by atoms with Crippen LogP contribution in [0, 0.1) is 13.8 Å². The van der Waals surface area contributed by atoms with Gasteiger partial charge in [-0.3, -0.25) is 4.98 Å². The molecule has 2 N–H and O–H groups in total. The number of aryl methyl sites for hydroxylation is 2. The van der Waals surface area contributed by atoms with E-state index in [-0.39, 0.29) is 6.04 Å². The van der Waals surface area contributed by atoms with Gasteiger partial charge in [-0.15, -0.1) is 0 Å². The molecule has 0 spiro atoms. The molecule has 0 fully saturated rings. The number of nitrogens with two attached hydrogens (primary N) is 1. The van der Waals surface area contributed by atoms with Crippen molar-refractivity contribution in [3.8, 4) is 0 Å². The normalized spacial score (nSPS) is 12.6. The third-order valence-electron chi connectivity index (χ3n) is 3.77. The van der Waals surface area contributed by atoms with Crippen LogP contribution in [0.1, 0.15) is 28.4 Å². The van der Waals surface area contributed by atoms with E-state index in [9.17, 15) is 0 Å². The zero-order chi connectivity index (χ0) is 15.0. The lowest BCUT2D eigenvalue weighted by atomic mass is 9.95. The third kappa shape index (κ3) is 2.65. The maximum Gasteiger partial charge on any atom is 0.0708 e. The predicted molar refractivity (Wildman–Crippen MR) is 88.7 cm³/mol. The smallest absolute Gasteiger partial charge is 0.0708 e. The van der Waals surface area contributed by atoms with Crippen molar-refractivity contribution in [1.82, 2.24) is 4.98 Å². The molecule has 0 saturated heterocycles. The Morgan fingerprint density at radius 3 is 2.57 bits per heavy atom. The van der Waals surface area contributed by atoms with Gasteiger partial charge in [0.25, 0.3) is 0 Å². The molecule has 1 unspecified atom stereocenters. The standard InChI is InChI=1S/C18H17ClN2/c1-11-7-8-13(10-16(11)19)18(20)15-9-12(2)21-17-6-4-3-5-14(15)17/h3-10,18H,20H2,1-2H3. The molecule has 0 aliphatic heterocycles. The molecule has 0 aliphatic carbocycles. The van der Waals surface area contributed by atoms with Crippen molar-refractivity contribution in [2.75, 3.05) is 0 Å². The van der Waals surface area contributed by atoms with Gasteiger partial charge in [0.15, 0.2) is 0 Å². The van der Waals surface area contributed by atoms with Crippen molar-refractivity contribution in [2.24, 2.45) is 5.73 Å². The van der Waals surface area contributed by atoms with Crippen molar-refractivity contribution in [3.63, 3.8) is 0 Å². The van der Waals surface area contributed by atoms with Crippen LogP contribution in [0.5, 0.6) is 0 Å². The summed E-state index contributed by atoms with van der Waals surface area (Å²) in [5.74, 6) is 0. The molecule has 0 radical (unpaired) electrons. The quantitative estimate of drug-likeness (QED) is 0.753. The second-order valence-electron chi connectivity index (χ2n) is 5.36. The largest absolute Gasteiger partial charge is 0.320 e. The Hall–Kier alpha value is -1.90. The number of rotatable bonds is 2. The molecule has 3 rings (SSSR count). The number of fused-ring (bicyclic) bond motifs is 1. The number of pyridine rings is 1. The zero-order valence-electron chi connectivity index (χ0n) is 12.1. The summed E-state index contributed by atoms with van der Waals surface area (Å²) < 4.78 is 0. The molecule has 106 valence electrons. The second-order valence-corrected chi connectivity index (χ2v) is 5.76. The van der Waals surface area contributed by atoms with Gasteiger partial charge in [-0.1, -0.05) is 41.9 Å². The summed E-state index contributed by atoms with van der Waals surface area (Å²) >= 11 is 6.23. The molecular weight excluding hydrogens is 280 g/mol. The van der Waals surface area contributed by atoms with E-state index < -0.39 is 0 Å². The number of benzene rings is 2. The van der Waals surface area contributed by atoms with Crippen LogP contribution in [0.15, 0.2) is 48.5 Å². The van der Waals surface area contributed by atoms with E-state index in [1.165, 1.54) is 0 Å². The van der Waals surface area contributed by atoms with E-state index in [0.717, 1.165) is 38.3 Å². The fourth-order valence-electron chi connectivity index (χ4n) is 2.58. The van der Waals surface area contributed by atoms with E-state index in [4.69, 9.17) is 17.3 Å². The molecule has 0 saturated carbocycles. The summed E-state index contributed by atoms with van der Waals surface area (Å²) in [5.41, 5.74) is 11.6. The van der Waals surface area contributed by atoms with Crippen LogP contribution in [0.25, 0.3) is 10.9 Å². The Kier molecular flexibility index (Phi) is 3.66. The van der Waals surface area contributed by atoms with Gasteiger partial charge in [0.1, 0.15) is 0 Å². The number of hydrogen-bond acceptors (Lipinski definition) is 2. The average molecular weight is 297 g/mol. The maximum atomic E-state index is 6.48. The topological polar surface area (TPSA) is 38.9 Å². The fraction of sp³-hybridized carbons (Fsp3) is 0.167. The van der Waals surface area contributed by atoms with Gasteiger partial charge >= 0.3 is 0 Å². The number of para-hydroxylation sites is 1. The van der Waals surface area contributed by atoms with Crippen LogP contribution in [0.3, 0.4) is 0 Å². The number of halogens is 1. The highest BCUT2D eigenvalue weighted by Crippen LogP contribution is 2.29. The molecule has 3 aromatic rings. The van der Waals surface area contributed by atoms with Crippen molar-refractivity contribution >= 4 is 22.5 Å². The molecule has 0 aliphatic rings. The third-order valence-corrected chi connectivity index (χ3v) is 4.17. The molecular formula is C18H17ClN2. The minimum atomic E-state index is -0.213. The minimum Gasteiger partial charge on any atom is -0.320 e. The predicted octanol–water partition coefficient (Wildman–Crippen LogP) is 4.55. The van der Waals surface area contributed by atoms with Crippen molar-refractivity contribution in [2.45, 2.75) is 19.9 Å². The average Bonchev–Trinajstić information content (AvgIpc) is 2.48. The van der Waals surface area contributed by atoms with Gasteiger partial charge in [-0.05, 0) is 48.7 Å². The molecule has 1 heterocycles. The van der Waals surface area contributed by atoms with E-state index in [2.05, 4.69) is 17.1 Å². The van der Waals surface area contributed by atoms with Crippen LogP contribution < -0.4 is 5.73 Å². The van der Waals surface area contributed by atoms with Gasteiger partial charge in [-0.2, -0.15) is 0 Å². The van der Waals surface area contributed by atoms with Gasteiger partial charge in [0.2, 0.25) is 0 Å². The lowest BCUT2D eigenvalue weighted by molar-refractivity contribution is 0.875. The summed E-state index contributed by atoms with van der Waals surface area (Å²) in [4.78, 5) is 4.56. The molecule has 1 atom stereocenters. The Morgan fingerprint density at radius 1 is 1.05 bits per heavy atom. The first-order valence-corrected chi connectivity index (χ1v) is 7.32.